The number of rotatable bonds is 7. The van der Waals surface area contributed by atoms with E-state index in [9.17, 15) is 4.79 Å². The molecule has 0 aliphatic carbocycles. The number of benzene rings is 3. The van der Waals surface area contributed by atoms with Gasteiger partial charge in [-0.3, -0.25) is 4.98 Å². The molecule has 0 radical (unpaired) electrons. The summed E-state index contributed by atoms with van der Waals surface area (Å²) in [6.07, 6.45) is 6.33. The largest absolute Gasteiger partial charge is 0.488 e. The molecule has 0 amide bonds. The summed E-state index contributed by atoms with van der Waals surface area (Å²) in [5.74, 6) is -0.199. The molecule has 4 rings (SSSR count). The molecule has 4 nitrogen and oxygen atoms in total. The highest BCUT2D eigenvalue weighted by Gasteiger charge is 2.10. The van der Waals surface area contributed by atoms with E-state index in [0.29, 0.717) is 6.61 Å². The molecule has 152 valence electrons. The van der Waals surface area contributed by atoms with E-state index in [1.807, 2.05) is 91.1 Å². The first-order valence-corrected chi connectivity index (χ1v) is 9.92. The summed E-state index contributed by atoms with van der Waals surface area (Å²) < 4.78 is 6.11. The van der Waals surface area contributed by atoms with E-state index in [2.05, 4.69) is 4.98 Å². The molecular weight excluding hydrogens is 386 g/mol. The minimum Gasteiger partial charge on any atom is -0.488 e. The molecule has 3 aromatic carbocycles. The predicted molar refractivity (Wildman–Crippen MR) is 123 cm³/mol. The number of hydrogen-bond acceptors (Lipinski definition) is 3. The zero-order chi connectivity index (χ0) is 21.5. The number of ether oxygens (including phenoxy) is 1. The average Bonchev–Trinajstić information content (AvgIpc) is 2.82. The Morgan fingerprint density at radius 1 is 0.839 bits per heavy atom. The fraction of sp³-hybridized carbons (Fsp3) is 0.0370. The maximum absolute atomic E-state index is 10.9. The van der Waals surface area contributed by atoms with Crippen molar-refractivity contribution < 1.29 is 14.6 Å². The summed E-state index contributed by atoms with van der Waals surface area (Å²) in [5.41, 5.74) is 5.61. The average molecular weight is 407 g/mol. The number of carbonyl (C=O) groups is 1. The van der Waals surface area contributed by atoms with Gasteiger partial charge in [0.15, 0.2) is 0 Å². The number of nitrogens with zero attached hydrogens (tertiary/aromatic N) is 1. The number of hydrogen-bond donors (Lipinski definition) is 1. The standard InChI is InChI=1S/C27H21NO3/c29-27(30)15-14-21-10-4-5-11-24(21)22-16-23(18-28-17-22)25-12-6-7-13-26(25)31-19-20-8-2-1-3-9-20/h1-18H,19H2,(H,29,30)/b15-14+. The summed E-state index contributed by atoms with van der Waals surface area (Å²) in [6, 6.07) is 27.6. The van der Waals surface area contributed by atoms with Gasteiger partial charge in [0.1, 0.15) is 12.4 Å². The van der Waals surface area contributed by atoms with Gasteiger partial charge in [-0.25, -0.2) is 4.79 Å². The van der Waals surface area contributed by atoms with Gasteiger partial charge in [0, 0.05) is 35.2 Å². The highest BCUT2D eigenvalue weighted by atomic mass is 16.5. The van der Waals surface area contributed by atoms with Gasteiger partial charge in [-0.2, -0.15) is 0 Å². The molecule has 4 aromatic rings. The van der Waals surface area contributed by atoms with Crippen LogP contribution in [0.2, 0.25) is 0 Å². The summed E-state index contributed by atoms with van der Waals surface area (Å²) in [5, 5.41) is 8.98. The molecule has 1 aromatic heterocycles. The van der Waals surface area contributed by atoms with Gasteiger partial charge >= 0.3 is 5.97 Å². The van der Waals surface area contributed by atoms with Crippen LogP contribution in [0.4, 0.5) is 0 Å². The number of carboxylic acid groups (broad SMARTS) is 1. The predicted octanol–water partition coefficient (Wildman–Crippen LogP) is 6.09. The molecule has 0 spiro atoms. The highest BCUT2D eigenvalue weighted by Crippen LogP contribution is 2.33. The third-order valence-electron chi connectivity index (χ3n) is 4.85. The van der Waals surface area contributed by atoms with Crippen LogP contribution >= 0.6 is 0 Å². The topological polar surface area (TPSA) is 59.4 Å². The van der Waals surface area contributed by atoms with Crippen molar-refractivity contribution in [2.24, 2.45) is 0 Å². The lowest BCUT2D eigenvalue weighted by molar-refractivity contribution is -0.131. The Morgan fingerprint density at radius 3 is 2.26 bits per heavy atom. The van der Waals surface area contributed by atoms with Crippen molar-refractivity contribution >= 4 is 12.0 Å². The molecule has 4 heteroatoms. The maximum Gasteiger partial charge on any atom is 0.328 e. The van der Waals surface area contributed by atoms with Crippen LogP contribution < -0.4 is 4.74 Å². The van der Waals surface area contributed by atoms with Gasteiger partial charge in [-0.15, -0.1) is 0 Å². The van der Waals surface area contributed by atoms with E-state index >= 15 is 0 Å². The van der Waals surface area contributed by atoms with Crippen molar-refractivity contribution in [3.8, 4) is 28.0 Å². The van der Waals surface area contributed by atoms with Crippen LogP contribution in [0, 0.1) is 0 Å². The molecule has 0 saturated carbocycles. The number of aliphatic carboxylic acids is 1. The first kappa shape index (κ1) is 20.1. The molecule has 0 atom stereocenters. The molecule has 1 N–H and O–H groups in total. The van der Waals surface area contributed by atoms with E-state index in [4.69, 9.17) is 9.84 Å². The van der Waals surface area contributed by atoms with E-state index in [-0.39, 0.29) is 0 Å². The highest BCUT2D eigenvalue weighted by molar-refractivity contribution is 5.88. The Kier molecular flexibility index (Phi) is 6.19. The zero-order valence-corrected chi connectivity index (χ0v) is 16.8. The van der Waals surface area contributed by atoms with Crippen molar-refractivity contribution in [1.29, 1.82) is 0 Å². The zero-order valence-electron chi connectivity index (χ0n) is 16.8. The summed E-state index contributed by atoms with van der Waals surface area (Å²) >= 11 is 0. The first-order chi connectivity index (χ1) is 15.2. The Balaban J connectivity index is 1.67. The van der Waals surface area contributed by atoms with Gasteiger partial charge in [-0.05, 0) is 34.9 Å². The van der Waals surface area contributed by atoms with Crippen molar-refractivity contribution in [2.75, 3.05) is 0 Å². The van der Waals surface area contributed by atoms with E-state index < -0.39 is 5.97 Å². The molecule has 31 heavy (non-hydrogen) atoms. The van der Waals surface area contributed by atoms with Gasteiger partial charge in [0.25, 0.3) is 0 Å². The lowest BCUT2D eigenvalue weighted by Gasteiger charge is -2.13. The van der Waals surface area contributed by atoms with E-state index in [1.165, 1.54) is 0 Å². The van der Waals surface area contributed by atoms with Crippen LogP contribution in [0.25, 0.3) is 28.3 Å². The second-order valence-corrected chi connectivity index (χ2v) is 6.99. The first-order valence-electron chi connectivity index (χ1n) is 9.92. The number of pyridine rings is 1. The summed E-state index contributed by atoms with van der Waals surface area (Å²) in [7, 11) is 0. The monoisotopic (exact) mass is 407 g/mol. The molecule has 0 bridgehead atoms. The van der Waals surface area contributed by atoms with E-state index in [0.717, 1.165) is 45.2 Å². The van der Waals surface area contributed by atoms with E-state index in [1.54, 1.807) is 12.3 Å². The molecular formula is C27H21NO3. The molecule has 0 aliphatic heterocycles. The van der Waals surface area contributed by atoms with Crippen LogP contribution in [0.5, 0.6) is 5.75 Å². The number of para-hydroxylation sites is 1. The van der Waals surface area contributed by atoms with Crippen LogP contribution in [0.1, 0.15) is 11.1 Å². The summed E-state index contributed by atoms with van der Waals surface area (Å²) in [4.78, 5) is 15.4. The lowest BCUT2D eigenvalue weighted by atomic mass is 9.97. The molecule has 1 heterocycles. The second kappa shape index (κ2) is 9.55. The van der Waals surface area contributed by atoms with Crippen molar-refractivity contribution in [2.45, 2.75) is 6.61 Å². The Labute approximate surface area is 181 Å². The summed E-state index contributed by atoms with van der Waals surface area (Å²) in [6.45, 7) is 0.480. The lowest BCUT2D eigenvalue weighted by Crippen LogP contribution is -1.97. The molecule has 0 aliphatic rings. The smallest absolute Gasteiger partial charge is 0.328 e. The van der Waals surface area contributed by atoms with Crippen LogP contribution in [-0.4, -0.2) is 16.1 Å². The number of carboxylic acids is 1. The second-order valence-electron chi connectivity index (χ2n) is 6.99. The third kappa shape index (κ3) is 5.06. The molecule has 0 unspecified atom stereocenters. The van der Waals surface area contributed by atoms with Crippen molar-refractivity contribution in [3.63, 3.8) is 0 Å². The fourth-order valence-electron chi connectivity index (χ4n) is 3.37. The quantitative estimate of drug-likeness (QED) is 0.377. The number of aromatic nitrogens is 1. The van der Waals surface area contributed by atoms with Crippen molar-refractivity contribution in [3.05, 3.63) is 115 Å². The molecule has 0 saturated heterocycles. The fourth-order valence-corrected chi connectivity index (χ4v) is 3.37. The molecule has 0 fully saturated rings. The Morgan fingerprint density at radius 2 is 1.48 bits per heavy atom. The van der Waals surface area contributed by atoms with Gasteiger partial charge in [-0.1, -0.05) is 72.8 Å². The van der Waals surface area contributed by atoms with Gasteiger partial charge in [0.05, 0.1) is 0 Å². The normalized spacial score (nSPS) is 10.8. The van der Waals surface area contributed by atoms with Crippen LogP contribution in [-0.2, 0) is 11.4 Å². The minimum atomic E-state index is -0.980. The third-order valence-corrected chi connectivity index (χ3v) is 4.85. The Bertz CT molecular complexity index is 1220. The maximum atomic E-state index is 10.9. The SMILES string of the molecule is O=C(O)/C=C/c1ccccc1-c1cncc(-c2ccccc2OCc2ccccc2)c1. The van der Waals surface area contributed by atoms with Gasteiger partial charge in [0.2, 0.25) is 0 Å². The van der Waals surface area contributed by atoms with Crippen molar-refractivity contribution in [1.82, 2.24) is 4.98 Å². The Hall–Kier alpha value is -4.18. The van der Waals surface area contributed by atoms with Gasteiger partial charge < -0.3 is 9.84 Å². The minimum absolute atomic E-state index is 0.480. The van der Waals surface area contributed by atoms with Crippen LogP contribution in [0.3, 0.4) is 0 Å². The van der Waals surface area contributed by atoms with Crippen LogP contribution in [0.15, 0.2) is 103 Å².